The third kappa shape index (κ3) is 9.01. The standard InChI is InChI=1S/C13H23F3N2O3S/c1-8(7-22-5)10(19)18-9(13(14,15)16)6-17-11(20)21-12(2,3)4/h8-9H,6-7H2,1-5H3,(H,17,20)(H,18,19). The van der Waals surface area contributed by atoms with E-state index in [0.717, 1.165) is 0 Å². The van der Waals surface area contributed by atoms with Crippen LogP contribution >= 0.6 is 11.8 Å². The van der Waals surface area contributed by atoms with Gasteiger partial charge in [-0.1, -0.05) is 6.92 Å². The van der Waals surface area contributed by atoms with E-state index in [-0.39, 0.29) is 0 Å². The van der Waals surface area contributed by atoms with E-state index in [1.807, 2.05) is 10.6 Å². The number of ether oxygens (including phenoxy) is 1. The fraction of sp³-hybridized carbons (Fsp3) is 0.846. The van der Waals surface area contributed by atoms with Gasteiger partial charge in [0.05, 0.1) is 6.54 Å². The van der Waals surface area contributed by atoms with Gasteiger partial charge in [-0.25, -0.2) is 4.79 Å². The molecule has 2 unspecified atom stereocenters. The first-order valence-electron chi connectivity index (χ1n) is 6.69. The van der Waals surface area contributed by atoms with E-state index >= 15 is 0 Å². The van der Waals surface area contributed by atoms with Gasteiger partial charge < -0.3 is 15.4 Å². The van der Waals surface area contributed by atoms with E-state index in [4.69, 9.17) is 4.74 Å². The average molecular weight is 344 g/mol. The zero-order valence-electron chi connectivity index (χ0n) is 13.3. The maximum Gasteiger partial charge on any atom is 0.410 e. The van der Waals surface area contributed by atoms with Gasteiger partial charge >= 0.3 is 12.3 Å². The molecule has 0 aromatic carbocycles. The van der Waals surface area contributed by atoms with Crippen LogP contribution in [0.2, 0.25) is 0 Å². The summed E-state index contributed by atoms with van der Waals surface area (Å²) in [6.45, 7) is 5.55. The number of hydrogen-bond acceptors (Lipinski definition) is 4. The molecule has 0 fully saturated rings. The van der Waals surface area contributed by atoms with Crippen molar-refractivity contribution < 1.29 is 27.5 Å². The van der Waals surface area contributed by atoms with Crippen LogP contribution in [0.15, 0.2) is 0 Å². The highest BCUT2D eigenvalue weighted by Gasteiger charge is 2.41. The molecule has 2 atom stereocenters. The molecule has 0 aliphatic rings. The number of halogens is 3. The predicted molar refractivity (Wildman–Crippen MR) is 79.8 cm³/mol. The van der Waals surface area contributed by atoms with Crippen LogP contribution in [0.1, 0.15) is 27.7 Å². The molecule has 130 valence electrons. The SMILES string of the molecule is CSCC(C)C(=O)NC(CNC(=O)OC(C)(C)C)C(F)(F)F. The van der Waals surface area contributed by atoms with Crippen molar-refractivity contribution in [1.82, 2.24) is 10.6 Å². The Morgan fingerprint density at radius 2 is 1.77 bits per heavy atom. The molecule has 0 heterocycles. The van der Waals surface area contributed by atoms with Crippen molar-refractivity contribution in [3.63, 3.8) is 0 Å². The summed E-state index contributed by atoms with van der Waals surface area (Å²) in [5.74, 6) is -0.848. The zero-order valence-corrected chi connectivity index (χ0v) is 14.2. The van der Waals surface area contributed by atoms with Crippen LogP contribution in [-0.2, 0) is 9.53 Å². The number of alkyl halides is 3. The number of rotatable bonds is 6. The highest BCUT2D eigenvalue weighted by molar-refractivity contribution is 7.98. The molecular weight excluding hydrogens is 321 g/mol. The number of thioether (sulfide) groups is 1. The molecule has 5 nitrogen and oxygen atoms in total. The first-order chi connectivity index (χ1) is 9.86. The van der Waals surface area contributed by atoms with Crippen molar-refractivity contribution in [2.75, 3.05) is 18.6 Å². The lowest BCUT2D eigenvalue weighted by Crippen LogP contribution is -2.53. The second-order valence-electron chi connectivity index (χ2n) is 5.84. The summed E-state index contributed by atoms with van der Waals surface area (Å²) in [4.78, 5) is 23.1. The Bertz CT molecular complexity index is 384. The number of amides is 2. The van der Waals surface area contributed by atoms with Crippen LogP contribution in [0.3, 0.4) is 0 Å². The second kappa shape index (κ2) is 8.50. The minimum atomic E-state index is -4.66. The van der Waals surface area contributed by atoms with E-state index in [9.17, 15) is 22.8 Å². The van der Waals surface area contributed by atoms with Gasteiger partial charge in [0, 0.05) is 11.7 Å². The zero-order chi connectivity index (χ0) is 17.6. The average Bonchev–Trinajstić information content (AvgIpc) is 2.30. The summed E-state index contributed by atoms with van der Waals surface area (Å²) < 4.78 is 43.6. The number of carbonyl (C=O) groups excluding carboxylic acids is 2. The summed E-state index contributed by atoms with van der Waals surface area (Å²) in [7, 11) is 0. The Kier molecular flexibility index (Phi) is 8.06. The number of hydrogen-bond donors (Lipinski definition) is 2. The molecule has 0 aliphatic heterocycles. The Hall–Kier alpha value is -1.12. The van der Waals surface area contributed by atoms with Gasteiger partial charge in [0.1, 0.15) is 11.6 Å². The van der Waals surface area contributed by atoms with Crippen molar-refractivity contribution in [2.45, 2.75) is 45.5 Å². The van der Waals surface area contributed by atoms with E-state index in [2.05, 4.69) is 0 Å². The number of alkyl carbamates (subject to hydrolysis) is 1. The lowest BCUT2D eigenvalue weighted by molar-refractivity contribution is -0.161. The van der Waals surface area contributed by atoms with Gasteiger partial charge in [0.15, 0.2) is 0 Å². The van der Waals surface area contributed by atoms with Gasteiger partial charge in [-0.2, -0.15) is 24.9 Å². The molecule has 2 N–H and O–H groups in total. The molecule has 0 saturated heterocycles. The Morgan fingerprint density at radius 3 is 2.18 bits per heavy atom. The van der Waals surface area contributed by atoms with Crippen LogP contribution in [-0.4, -0.2) is 48.4 Å². The Morgan fingerprint density at radius 1 is 1.23 bits per heavy atom. The molecule has 0 aliphatic carbocycles. The van der Waals surface area contributed by atoms with Crippen molar-refractivity contribution in [3.05, 3.63) is 0 Å². The summed E-state index contributed by atoms with van der Waals surface area (Å²) in [5.41, 5.74) is -0.812. The van der Waals surface area contributed by atoms with E-state index < -0.39 is 42.3 Å². The smallest absolute Gasteiger partial charge is 0.410 e. The maximum absolute atomic E-state index is 12.9. The second-order valence-corrected chi connectivity index (χ2v) is 6.75. The third-order valence-corrected chi connectivity index (χ3v) is 3.26. The van der Waals surface area contributed by atoms with Crippen LogP contribution < -0.4 is 10.6 Å². The summed E-state index contributed by atoms with van der Waals surface area (Å²) in [6.07, 6.45) is -3.87. The minimum absolute atomic E-state index is 0.413. The molecule has 0 spiro atoms. The molecular formula is C13H23F3N2O3S. The maximum atomic E-state index is 12.9. The lowest BCUT2D eigenvalue weighted by atomic mass is 10.1. The van der Waals surface area contributed by atoms with E-state index in [0.29, 0.717) is 5.75 Å². The molecule has 9 heteroatoms. The first kappa shape index (κ1) is 20.9. The summed E-state index contributed by atoms with van der Waals surface area (Å²) in [5, 5.41) is 3.93. The highest BCUT2D eigenvalue weighted by Crippen LogP contribution is 2.20. The summed E-state index contributed by atoms with van der Waals surface area (Å²) >= 11 is 1.37. The molecule has 0 aromatic heterocycles. The molecule has 0 bridgehead atoms. The molecule has 0 saturated carbocycles. The van der Waals surface area contributed by atoms with Crippen LogP contribution in [0.5, 0.6) is 0 Å². The largest absolute Gasteiger partial charge is 0.444 e. The van der Waals surface area contributed by atoms with E-state index in [1.165, 1.54) is 11.8 Å². The van der Waals surface area contributed by atoms with Crippen molar-refractivity contribution in [1.29, 1.82) is 0 Å². The monoisotopic (exact) mass is 344 g/mol. The van der Waals surface area contributed by atoms with Gasteiger partial charge in [0.25, 0.3) is 0 Å². The fourth-order valence-corrected chi connectivity index (χ4v) is 2.04. The minimum Gasteiger partial charge on any atom is -0.444 e. The number of nitrogens with one attached hydrogen (secondary N) is 2. The van der Waals surface area contributed by atoms with Crippen molar-refractivity contribution in [3.8, 4) is 0 Å². The fourth-order valence-electron chi connectivity index (χ4n) is 1.39. The summed E-state index contributed by atoms with van der Waals surface area (Å²) in [6, 6.07) is -2.16. The van der Waals surface area contributed by atoms with Crippen molar-refractivity contribution >= 4 is 23.8 Å². The highest BCUT2D eigenvalue weighted by atomic mass is 32.2. The Balaban J connectivity index is 4.62. The molecule has 0 aromatic rings. The van der Waals surface area contributed by atoms with Crippen LogP contribution in [0.25, 0.3) is 0 Å². The van der Waals surface area contributed by atoms with Crippen LogP contribution in [0.4, 0.5) is 18.0 Å². The first-order valence-corrected chi connectivity index (χ1v) is 8.09. The quantitative estimate of drug-likeness (QED) is 0.777. The van der Waals surface area contributed by atoms with E-state index in [1.54, 1.807) is 34.0 Å². The van der Waals surface area contributed by atoms with Gasteiger partial charge in [0.2, 0.25) is 5.91 Å². The van der Waals surface area contributed by atoms with Gasteiger partial charge in [-0.3, -0.25) is 4.79 Å². The normalized spacial score (nSPS) is 14.9. The molecule has 0 radical (unpaired) electrons. The molecule has 2 amide bonds. The van der Waals surface area contributed by atoms with Gasteiger partial charge in [-0.15, -0.1) is 0 Å². The number of carbonyl (C=O) groups is 2. The van der Waals surface area contributed by atoms with Crippen molar-refractivity contribution in [2.24, 2.45) is 5.92 Å². The predicted octanol–water partition coefficient (Wildman–Crippen LogP) is 2.56. The van der Waals surface area contributed by atoms with Gasteiger partial charge in [-0.05, 0) is 27.0 Å². The topological polar surface area (TPSA) is 67.4 Å². The lowest BCUT2D eigenvalue weighted by Gasteiger charge is -2.25. The molecule has 22 heavy (non-hydrogen) atoms. The molecule has 0 rings (SSSR count). The Labute approximate surface area is 132 Å². The van der Waals surface area contributed by atoms with Crippen LogP contribution in [0, 0.1) is 5.92 Å². The third-order valence-electron chi connectivity index (χ3n) is 2.43.